The summed E-state index contributed by atoms with van der Waals surface area (Å²) in [5.41, 5.74) is 0. The second kappa shape index (κ2) is 8.06. The molecule has 0 radical (unpaired) electrons. The molecule has 0 aliphatic carbocycles. The van der Waals surface area contributed by atoms with Gasteiger partial charge in [-0.2, -0.15) is 0 Å². The van der Waals surface area contributed by atoms with E-state index >= 15 is 0 Å². The maximum absolute atomic E-state index is 3.48. The Bertz CT molecular complexity index is 186. The number of hydrogen-bond acceptors (Lipinski definition) is 3. The molecule has 1 unspecified atom stereocenters. The van der Waals surface area contributed by atoms with Crippen LogP contribution < -0.4 is 5.32 Å². The Balaban J connectivity index is 2.06. The van der Waals surface area contributed by atoms with Crippen LogP contribution in [-0.4, -0.2) is 62.2 Å². The van der Waals surface area contributed by atoms with Crippen molar-refractivity contribution in [2.24, 2.45) is 0 Å². The van der Waals surface area contributed by atoms with Crippen LogP contribution in [0.2, 0.25) is 0 Å². The Labute approximate surface area is 108 Å². The quantitative estimate of drug-likeness (QED) is 0.733. The van der Waals surface area contributed by atoms with E-state index in [1.807, 2.05) is 0 Å². The molecule has 0 amide bonds. The molecule has 0 spiro atoms. The van der Waals surface area contributed by atoms with Crippen molar-refractivity contribution < 1.29 is 0 Å². The van der Waals surface area contributed by atoms with Gasteiger partial charge in [0.25, 0.3) is 0 Å². The van der Waals surface area contributed by atoms with Crippen molar-refractivity contribution in [3.63, 3.8) is 0 Å². The minimum atomic E-state index is 0.680. The molecule has 3 nitrogen and oxygen atoms in total. The van der Waals surface area contributed by atoms with Crippen molar-refractivity contribution in [2.75, 3.05) is 40.3 Å². The smallest absolute Gasteiger partial charge is 0.0113 e. The molecule has 1 fully saturated rings. The van der Waals surface area contributed by atoms with E-state index in [2.05, 4.69) is 43.1 Å². The predicted molar refractivity (Wildman–Crippen MR) is 75.5 cm³/mol. The Kier molecular flexibility index (Phi) is 7.09. The topological polar surface area (TPSA) is 18.5 Å². The van der Waals surface area contributed by atoms with E-state index in [0.29, 0.717) is 6.04 Å². The summed E-state index contributed by atoms with van der Waals surface area (Å²) >= 11 is 0. The predicted octanol–water partition coefficient (Wildman–Crippen LogP) is 1.79. The number of likely N-dealkylation sites (tertiary alicyclic amines) is 1. The van der Waals surface area contributed by atoms with Gasteiger partial charge in [0.1, 0.15) is 0 Å². The van der Waals surface area contributed by atoms with E-state index in [1.165, 1.54) is 45.3 Å². The Morgan fingerprint density at radius 1 is 1.29 bits per heavy atom. The van der Waals surface area contributed by atoms with Gasteiger partial charge in [0.15, 0.2) is 0 Å². The van der Waals surface area contributed by atoms with Crippen molar-refractivity contribution in [2.45, 2.75) is 51.6 Å². The van der Waals surface area contributed by atoms with Crippen LogP contribution in [0.1, 0.15) is 39.5 Å². The summed E-state index contributed by atoms with van der Waals surface area (Å²) in [6, 6.07) is 1.49. The molecular weight excluding hydrogens is 210 g/mol. The van der Waals surface area contributed by atoms with Crippen LogP contribution in [0.4, 0.5) is 0 Å². The van der Waals surface area contributed by atoms with Crippen molar-refractivity contribution in [1.29, 1.82) is 0 Å². The third-order valence-electron chi connectivity index (χ3n) is 3.95. The lowest BCUT2D eigenvalue weighted by Crippen LogP contribution is -2.42. The van der Waals surface area contributed by atoms with Crippen molar-refractivity contribution in [3.05, 3.63) is 0 Å². The Morgan fingerprint density at radius 2 is 1.94 bits per heavy atom. The van der Waals surface area contributed by atoms with Gasteiger partial charge in [0.05, 0.1) is 0 Å². The molecule has 17 heavy (non-hydrogen) atoms. The van der Waals surface area contributed by atoms with Crippen molar-refractivity contribution in [3.8, 4) is 0 Å². The van der Waals surface area contributed by atoms with E-state index in [4.69, 9.17) is 0 Å². The largest absolute Gasteiger partial charge is 0.315 e. The molecule has 1 heterocycles. The van der Waals surface area contributed by atoms with Gasteiger partial charge in [-0.05, 0) is 72.9 Å². The third kappa shape index (κ3) is 5.84. The minimum absolute atomic E-state index is 0.680. The molecule has 0 bridgehead atoms. The fraction of sp³-hybridized carbons (Fsp3) is 1.00. The molecular formula is C14H31N3. The van der Waals surface area contributed by atoms with Crippen LogP contribution in [-0.2, 0) is 0 Å². The van der Waals surface area contributed by atoms with Gasteiger partial charge >= 0.3 is 0 Å². The lowest BCUT2D eigenvalue weighted by Gasteiger charge is -2.35. The first-order chi connectivity index (χ1) is 8.13. The molecule has 1 rings (SSSR count). The molecule has 0 saturated carbocycles. The highest BCUT2D eigenvalue weighted by Gasteiger charge is 2.19. The maximum Gasteiger partial charge on any atom is 0.0113 e. The Morgan fingerprint density at radius 3 is 2.47 bits per heavy atom. The second-order valence-electron chi connectivity index (χ2n) is 5.64. The van der Waals surface area contributed by atoms with Crippen molar-refractivity contribution in [1.82, 2.24) is 15.1 Å². The highest BCUT2D eigenvalue weighted by Crippen LogP contribution is 2.14. The monoisotopic (exact) mass is 241 g/mol. The first-order valence-corrected chi connectivity index (χ1v) is 7.25. The van der Waals surface area contributed by atoms with E-state index < -0.39 is 0 Å². The first-order valence-electron chi connectivity index (χ1n) is 7.25. The van der Waals surface area contributed by atoms with E-state index in [0.717, 1.165) is 12.6 Å². The van der Waals surface area contributed by atoms with Gasteiger partial charge in [-0.25, -0.2) is 0 Å². The molecule has 1 N–H and O–H groups in total. The molecule has 1 atom stereocenters. The summed E-state index contributed by atoms with van der Waals surface area (Å²) < 4.78 is 0. The first kappa shape index (κ1) is 14.9. The summed E-state index contributed by atoms with van der Waals surface area (Å²) in [4.78, 5) is 5.02. The molecule has 0 aromatic rings. The summed E-state index contributed by atoms with van der Waals surface area (Å²) in [5, 5.41) is 3.48. The maximum atomic E-state index is 3.48. The van der Waals surface area contributed by atoms with Gasteiger partial charge in [-0.15, -0.1) is 0 Å². The normalized spacial score (nSPS) is 21.0. The Hall–Kier alpha value is -0.120. The minimum Gasteiger partial charge on any atom is -0.315 e. The average Bonchev–Trinajstić information content (AvgIpc) is 2.30. The number of piperidine rings is 1. The van der Waals surface area contributed by atoms with Gasteiger partial charge in [0.2, 0.25) is 0 Å². The lowest BCUT2D eigenvalue weighted by atomic mass is 10.0. The molecule has 102 valence electrons. The van der Waals surface area contributed by atoms with Crippen LogP contribution in [0.15, 0.2) is 0 Å². The molecule has 3 heteroatoms. The number of rotatable bonds is 7. The highest BCUT2D eigenvalue weighted by molar-refractivity contribution is 4.77. The summed E-state index contributed by atoms with van der Waals surface area (Å²) in [6.45, 7) is 9.44. The van der Waals surface area contributed by atoms with Crippen LogP contribution in [0.25, 0.3) is 0 Å². The standard InChI is InChI=1S/C14H31N3/c1-5-15-13(2)7-6-10-17-11-8-14(9-12-17)16(3)4/h13-15H,5-12H2,1-4H3. The zero-order chi connectivity index (χ0) is 12.7. The van der Waals surface area contributed by atoms with E-state index in [9.17, 15) is 0 Å². The van der Waals surface area contributed by atoms with Gasteiger partial charge in [-0.3, -0.25) is 0 Å². The van der Waals surface area contributed by atoms with E-state index in [1.54, 1.807) is 0 Å². The number of hydrogen-bond donors (Lipinski definition) is 1. The number of nitrogens with one attached hydrogen (secondary N) is 1. The zero-order valence-electron chi connectivity index (χ0n) is 12.2. The van der Waals surface area contributed by atoms with Crippen LogP contribution in [0.3, 0.4) is 0 Å². The highest BCUT2D eigenvalue weighted by atomic mass is 15.2. The SMILES string of the molecule is CCNC(C)CCCN1CCC(N(C)C)CC1. The van der Waals surface area contributed by atoms with Crippen LogP contribution >= 0.6 is 0 Å². The molecule has 1 aliphatic rings. The molecule has 1 saturated heterocycles. The fourth-order valence-corrected chi connectivity index (χ4v) is 2.73. The van der Waals surface area contributed by atoms with Crippen molar-refractivity contribution >= 4 is 0 Å². The van der Waals surface area contributed by atoms with E-state index in [-0.39, 0.29) is 0 Å². The molecule has 0 aromatic heterocycles. The third-order valence-corrected chi connectivity index (χ3v) is 3.95. The summed E-state index contributed by atoms with van der Waals surface area (Å²) in [7, 11) is 4.41. The fourth-order valence-electron chi connectivity index (χ4n) is 2.73. The lowest BCUT2D eigenvalue weighted by molar-refractivity contribution is 0.142. The van der Waals surface area contributed by atoms with Gasteiger partial charge in [-0.1, -0.05) is 6.92 Å². The second-order valence-corrected chi connectivity index (χ2v) is 5.64. The zero-order valence-corrected chi connectivity index (χ0v) is 12.2. The van der Waals surface area contributed by atoms with Crippen LogP contribution in [0, 0.1) is 0 Å². The van der Waals surface area contributed by atoms with Crippen LogP contribution in [0.5, 0.6) is 0 Å². The summed E-state index contributed by atoms with van der Waals surface area (Å²) in [6.07, 6.45) is 5.33. The average molecular weight is 241 g/mol. The van der Waals surface area contributed by atoms with Gasteiger partial charge in [0, 0.05) is 12.1 Å². The molecule has 1 aliphatic heterocycles. The number of nitrogens with zero attached hydrogens (tertiary/aromatic N) is 2. The van der Waals surface area contributed by atoms with Gasteiger partial charge < -0.3 is 15.1 Å². The summed E-state index contributed by atoms with van der Waals surface area (Å²) in [5.74, 6) is 0. The molecule has 0 aromatic carbocycles.